The van der Waals surface area contributed by atoms with Gasteiger partial charge in [-0.1, -0.05) is 41.9 Å². The number of carbonyl (C=O) groups excluding carboxylic acids is 1. The van der Waals surface area contributed by atoms with Crippen LogP contribution in [0.1, 0.15) is 25.8 Å². The lowest BCUT2D eigenvalue weighted by Gasteiger charge is -2.17. The smallest absolute Gasteiger partial charge is 0.326 e. The SMILES string of the molecule is CC(C)[C@@H](NC(=O)CCc1ccc(Br)cc1)C(=O)O. The van der Waals surface area contributed by atoms with Crippen LogP contribution in [0.15, 0.2) is 28.7 Å². The highest BCUT2D eigenvalue weighted by Gasteiger charge is 2.22. The first-order valence-corrected chi connectivity index (χ1v) is 6.96. The fourth-order valence-electron chi connectivity index (χ4n) is 1.67. The first kappa shape index (κ1) is 15.7. The van der Waals surface area contributed by atoms with Crippen molar-refractivity contribution < 1.29 is 14.7 Å². The predicted molar refractivity (Wildman–Crippen MR) is 76.9 cm³/mol. The Labute approximate surface area is 121 Å². The minimum atomic E-state index is -0.994. The van der Waals surface area contributed by atoms with Gasteiger partial charge in [0, 0.05) is 10.9 Å². The minimum absolute atomic E-state index is 0.130. The molecule has 0 heterocycles. The Balaban J connectivity index is 2.47. The average Bonchev–Trinajstić information content (AvgIpc) is 2.34. The third kappa shape index (κ3) is 5.42. The molecule has 0 unspecified atom stereocenters. The quantitative estimate of drug-likeness (QED) is 0.844. The highest BCUT2D eigenvalue weighted by molar-refractivity contribution is 9.10. The van der Waals surface area contributed by atoms with Gasteiger partial charge in [0.05, 0.1) is 0 Å². The summed E-state index contributed by atoms with van der Waals surface area (Å²) in [6, 6.07) is 6.89. The molecule has 0 aromatic heterocycles. The molecule has 0 saturated carbocycles. The largest absolute Gasteiger partial charge is 0.480 e. The number of carbonyl (C=O) groups is 2. The standard InChI is InChI=1S/C14H18BrNO3/c1-9(2)13(14(18)19)16-12(17)8-5-10-3-6-11(15)7-4-10/h3-4,6-7,9,13H,5,8H2,1-2H3,(H,16,17)(H,18,19)/t13-/m1/s1. The van der Waals surface area contributed by atoms with Crippen LogP contribution in [0.4, 0.5) is 0 Å². The number of amides is 1. The summed E-state index contributed by atoms with van der Waals surface area (Å²) in [7, 11) is 0. The van der Waals surface area contributed by atoms with Gasteiger partial charge in [-0.2, -0.15) is 0 Å². The summed E-state index contributed by atoms with van der Waals surface area (Å²) in [6.07, 6.45) is 0.891. The number of benzene rings is 1. The first-order valence-electron chi connectivity index (χ1n) is 6.16. The fourth-order valence-corrected chi connectivity index (χ4v) is 1.93. The molecule has 1 rings (SSSR count). The van der Waals surface area contributed by atoms with Crippen LogP contribution in [-0.2, 0) is 16.0 Å². The summed E-state index contributed by atoms with van der Waals surface area (Å²) >= 11 is 3.35. The molecule has 19 heavy (non-hydrogen) atoms. The summed E-state index contributed by atoms with van der Waals surface area (Å²) in [4.78, 5) is 22.7. The zero-order valence-electron chi connectivity index (χ0n) is 11.0. The van der Waals surface area contributed by atoms with Crippen LogP contribution in [0, 0.1) is 5.92 Å². The second kappa shape index (κ2) is 7.28. The number of aryl methyl sites for hydroxylation is 1. The van der Waals surface area contributed by atoms with Crippen LogP contribution in [0.2, 0.25) is 0 Å². The Morgan fingerprint density at radius 1 is 1.26 bits per heavy atom. The highest BCUT2D eigenvalue weighted by Crippen LogP contribution is 2.12. The molecule has 2 N–H and O–H groups in total. The van der Waals surface area contributed by atoms with Gasteiger partial charge in [0.1, 0.15) is 6.04 Å². The lowest BCUT2D eigenvalue weighted by molar-refractivity contribution is -0.143. The Morgan fingerprint density at radius 2 is 1.84 bits per heavy atom. The van der Waals surface area contributed by atoms with Crippen molar-refractivity contribution >= 4 is 27.8 Å². The van der Waals surface area contributed by atoms with E-state index in [1.54, 1.807) is 13.8 Å². The van der Waals surface area contributed by atoms with Crippen molar-refractivity contribution in [3.8, 4) is 0 Å². The summed E-state index contributed by atoms with van der Waals surface area (Å²) < 4.78 is 0.992. The maximum atomic E-state index is 11.7. The number of hydrogen-bond acceptors (Lipinski definition) is 2. The third-order valence-electron chi connectivity index (χ3n) is 2.80. The summed E-state index contributed by atoms with van der Waals surface area (Å²) in [5.74, 6) is -1.36. The molecule has 5 heteroatoms. The van der Waals surface area contributed by atoms with E-state index in [-0.39, 0.29) is 18.2 Å². The molecule has 1 aromatic rings. The van der Waals surface area contributed by atoms with Crippen molar-refractivity contribution in [3.63, 3.8) is 0 Å². The van der Waals surface area contributed by atoms with Crippen molar-refractivity contribution in [2.75, 3.05) is 0 Å². The molecule has 1 atom stereocenters. The van der Waals surface area contributed by atoms with Gasteiger partial charge in [0.25, 0.3) is 0 Å². The van der Waals surface area contributed by atoms with Crippen molar-refractivity contribution in [1.82, 2.24) is 5.32 Å². The topological polar surface area (TPSA) is 66.4 Å². The lowest BCUT2D eigenvalue weighted by atomic mass is 10.0. The lowest BCUT2D eigenvalue weighted by Crippen LogP contribution is -2.44. The summed E-state index contributed by atoms with van der Waals surface area (Å²) in [6.45, 7) is 3.54. The van der Waals surface area contributed by atoms with Crippen LogP contribution >= 0.6 is 15.9 Å². The van der Waals surface area contributed by atoms with E-state index in [1.807, 2.05) is 24.3 Å². The Bertz CT molecular complexity index is 443. The zero-order chi connectivity index (χ0) is 14.4. The van der Waals surface area contributed by atoms with Crippen LogP contribution < -0.4 is 5.32 Å². The normalized spacial score (nSPS) is 12.2. The zero-order valence-corrected chi connectivity index (χ0v) is 12.6. The number of halogens is 1. The number of rotatable bonds is 6. The number of carboxylic acids is 1. The van der Waals surface area contributed by atoms with Gasteiger partial charge < -0.3 is 10.4 Å². The van der Waals surface area contributed by atoms with Gasteiger partial charge >= 0.3 is 5.97 Å². The molecule has 0 fully saturated rings. The minimum Gasteiger partial charge on any atom is -0.480 e. The van der Waals surface area contributed by atoms with Crippen molar-refractivity contribution in [3.05, 3.63) is 34.3 Å². The monoisotopic (exact) mass is 327 g/mol. The maximum Gasteiger partial charge on any atom is 0.326 e. The van der Waals surface area contributed by atoms with E-state index in [0.29, 0.717) is 6.42 Å². The van der Waals surface area contributed by atoms with Gasteiger partial charge in [0.2, 0.25) is 5.91 Å². The van der Waals surface area contributed by atoms with Gasteiger partial charge in [-0.25, -0.2) is 4.79 Å². The molecule has 0 radical (unpaired) electrons. The molecule has 104 valence electrons. The molecule has 0 aliphatic heterocycles. The van der Waals surface area contributed by atoms with E-state index >= 15 is 0 Å². The molecule has 4 nitrogen and oxygen atoms in total. The van der Waals surface area contributed by atoms with E-state index < -0.39 is 12.0 Å². The third-order valence-corrected chi connectivity index (χ3v) is 3.33. The summed E-state index contributed by atoms with van der Waals surface area (Å²) in [5, 5.41) is 11.5. The molecular formula is C14H18BrNO3. The van der Waals surface area contributed by atoms with E-state index in [4.69, 9.17) is 5.11 Å². The molecule has 0 spiro atoms. The van der Waals surface area contributed by atoms with Crippen LogP contribution in [0.25, 0.3) is 0 Å². The van der Waals surface area contributed by atoms with E-state index in [9.17, 15) is 9.59 Å². The highest BCUT2D eigenvalue weighted by atomic mass is 79.9. The van der Waals surface area contributed by atoms with Crippen LogP contribution in [-0.4, -0.2) is 23.0 Å². The van der Waals surface area contributed by atoms with Crippen LogP contribution in [0.3, 0.4) is 0 Å². The molecule has 1 amide bonds. The van der Waals surface area contributed by atoms with Crippen LogP contribution in [0.5, 0.6) is 0 Å². The van der Waals surface area contributed by atoms with Crippen molar-refractivity contribution in [1.29, 1.82) is 0 Å². The predicted octanol–water partition coefficient (Wildman–Crippen LogP) is 2.61. The van der Waals surface area contributed by atoms with Gasteiger partial charge in [-0.3, -0.25) is 4.79 Å². The molecule has 0 saturated heterocycles. The van der Waals surface area contributed by atoms with E-state index in [0.717, 1.165) is 10.0 Å². The molecule has 1 aromatic carbocycles. The van der Waals surface area contributed by atoms with Gasteiger partial charge in [-0.05, 0) is 30.0 Å². The molecule has 0 aliphatic rings. The molecule has 0 aliphatic carbocycles. The molecule has 0 bridgehead atoms. The second-order valence-corrected chi connectivity index (χ2v) is 5.67. The van der Waals surface area contributed by atoms with E-state index in [1.165, 1.54) is 0 Å². The van der Waals surface area contributed by atoms with Gasteiger partial charge in [0.15, 0.2) is 0 Å². The van der Waals surface area contributed by atoms with E-state index in [2.05, 4.69) is 21.2 Å². The number of hydrogen-bond donors (Lipinski definition) is 2. The number of carboxylic acid groups (broad SMARTS) is 1. The summed E-state index contributed by atoms with van der Waals surface area (Å²) in [5.41, 5.74) is 1.05. The number of aliphatic carboxylic acids is 1. The number of nitrogens with one attached hydrogen (secondary N) is 1. The molecular weight excluding hydrogens is 310 g/mol. The van der Waals surface area contributed by atoms with Gasteiger partial charge in [-0.15, -0.1) is 0 Å². The fraction of sp³-hybridized carbons (Fsp3) is 0.429. The Hall–Kier alpha value is -1.36. The van der Waals surface area contributed by atoms with Crippen molar-refractivity contribution in [2.24, 2.45) is 5.92 Å². The maximum absolute atomic E-state index is 11.7. The van der Waals surface area contributed by atoms with Crippen molar-refractivity contribution in [2.45, 2.75) is 32.7 Å². The Morgan fingerprint density at radius 3 is 2.32 bits per heavy atom. The second-order valence-electron chi connectivity index (χ2n) is 4.75. The Kier molecular flexibility index (Phi) is 6.02. The first-order chi connectivity index (χ1) is 8.90. The average molecular weight is 328 g/mol.